The average molecular weight is 461 g/mol. The first-order valence-electron chi connectivity index (χ1n) is 11.1. The van der Waals surface area contributed by atoms with Crippen LogP contribution in [-0.2, 0) is 9.59 Å². The maximum absolute atomic E-state index is 12.0. The molecule has 0 heterocycles. The van der Waals surface area contributed by atoms with E-state index in [2.05, 4.69) is 21.1 Å². The van der Waals surface area contributed by atoms with E-state index in [0.29, 0.717) is 0 Å². The van der Waals surface area contributed by atoms with Crippen molar-refractivity contribution in [3.63, 3.8) is 0 Å². The lowest BCUT2D eigenvalue weighted by molar-refractivity contribution is -0.129. The Morgan fingerprint density at radius 3 is 1.23 bits per heavy atom. The fourth-order valence-corrected chi connectivity index (χ4v) is 3.37. The van der Waals surface area contributed by atoms with Crippen molar-refractivity contribution in [3.8, 4) is 22.3 Å². The third-order valence-electron chi connectivity index (χ3n) is 5.16. The Labute approximate surface area is 204 Å². The lowest BCUT2D eigenvalue weighted by Crippen LogP contribution is -2.27. The Bertz CT molecular complexity index is 1210. The molecule has 0 aliphatic heterocycles. The zero-order valence-electron chi connectivity index (χ0n) is 19.0. The average Bonchev–Trinajstić information content (AvgIpc) is 2.90. The van der Waals surface area contributed by atoms with E-state index in [9.17, 15) is 9.59 Å². The third kappa shape index (κ3) is 7.07. The summed E-state index contributed by atoms with van der Waals surface area (Å²) in [5.74, 6) is -1.05. The predicted octanol–water partition coefficient (Wildman–Crippen LogP) is 5.01. The van der Waals surface area contributed by atoms with Crippen molar-refractivity contribution >= 4 is 24.2 Å². The normalized spacial score (nSPS) is 11.0. The minimum atomic E-state index is -0.526. The van der Waals surface area contributed by atoms with Crippen LogP contribution in [0.1, 0.15) is 17.5 Å². The van der Waals surface area contributed by atoms with Crippen LogP contribution in [0.25, 0.3) is 22.3 Å². The van der Waals surface area contributed by atoms with Gasteiger partial charge in [-0.15, -0.1) is 0 Å². The van der Waals surface area contributed by atoms with Crippen LogP contribution in [0, 0.1) is 0 Å². The summed E-state index contributed by atoms with van der Waals surface area (Å²) in [4.78, 5) is 23.9. The molecule has 172 valence electrons. The summed E-state index contributed by atoms with van der Waals surface area (Å²) in [6, 6.07) is 35.7. The summed E-state index contributed by atoms with van der Waals surface area (Å²) in [6.45, 7) is 0. The van der Waals surface area contributed by atoms with Crippen LogP contribution in [-0.4, -0.2) is 24.2 Å². The molecule has 0 aliphatic carbocycles. The van der Waals surface area contributed by atoms with Crippen LogP contribution in [0.3, 0.4) is 0 Å². The second-order valence-corrected chi connectivity index (χ2v) is 7.74. The van der Waals surface area contributed by atoms with Gasteiger partial charge in [-0.3, -0.25) is 9.59 Å². The molecule has 0 unspecified atom stereocenters. The Hall–Kier alpha value is -4.84. The van der Waals surface area contributed by atoms with E-state index in [1.165, 1.54) is 12.4 Å². The van der Waals surface area contributed by atoms with E-state index in [4.69, 9.17) is 0 Å². The molecule has 0 atom stereocenters. The molecule has 2 amide bonds. The van der Waals surface area contributed by atoms with Gasteiger partial charge in [-0.1, -0.05) is 109 Å². The first-order chi connectivity index (χ1) is 17.2. The molecule has 0 saturated heterocycles. The van der Waals surface area contributed by atoms with Gasteiger partial charge < -0.3 is 0 Å². The standard InChI is InChI=1S/C29H24N4O2/c34-28(32-30-20-22-11-15-26(16-12-22)24-7-3-1-4-8-24)19-29(35)33-31-21-23-13-17-27(18-14-23)25-9-5-2-6-10-25/h1-18,20-21H,19H2,(H,32,34)(H,33,35)/b30-20+,31-21+. The van der Waals surface area contributed by atoms with E-state index in [1.54, 1.807) is 0 Å². The molecule has 0 fully saturated rings. The van der Waals surface area contributed by atoms with Crippen molar-refractivity contribution in [3.05, 3.63) is 120 Å². The quantitative estimate of drug-likeness (QED) is 0.220. The fraction of sp³-hybridized carbons (Fsp3) is 0.0345. The molecule has 2 N–H and O–H groups in total. The first-order valence-corrected chi connectivity index (χ1v) is 11.1. The summed E-state index contributed by atoms with van der Waals surface area (Å²) in [6.07, 6.45) is 2.68. The van der Waals surface area contributed by atoms with Crippen molar-refractivity contribution in [2.24, 2.45) is 10.2 Å². The van der Waals surface area contributed by atoms with Gasteiger partial charge in [0.1, 0.15) is 6.42 Å². The molecule has 4 aromatic rings. The molecule has 0 aromatic heterocycles. The van der Waals surface area contributed by atoms with E-state index >= 15 is 0 Å². The van der Waals surface area contributed by atoms with Crippen LogP contribution in [0.15, 0.2) is 119 Å². The number of hydrogen-bond donors (Lipinski definition) is 2. The second-order valence-electron chi connectivity index (χ2n) is 7.74. The number of carbonyl (C=O) groups excluding carboxylic acids is 2. The maximum Gasteiger partial charge on any atom is 0.249 e. The van der Waals surface area contributed by atoms with Gasteiger partial charge in [-0.2, -0.15) is 10.2 Å². The van der Waals surface area contributed by atoms with Gasteiger partial charge >= 0.3 is 0 Å². The van der Waals surface area contributed by atoms with Gasteiger partial charge in [0.25, 0.3) is 0 Å². The molecule has 0 saturated carbocycles. The number of rotatable bonds is 8. The summed E-state index contributed by atoms with van der Waals surface area (Å²) < 4.78 is 0. The molecular weight excluding hydrogens is 436 g/mol. The fourth-order valence-electron chi connectivity index (χ4n) is 3.37. The second kappa shape index (κ2) is 11.9. The summed E-state index contributed by atoms with van der Waals surface area (Å²) in [5.41, 5.74) is 10.8. The van der Waals surface area contributed by atoms with E-state index < -0.39 is 11.8 Å². The molecule has 6 nitrogen and oxygen atoms in total. The molecule has 0 aliphatic rings. The highest BCUT2D eigenvalue weighted by Crippen LogP contribution is 2.19. The number of benzene rings is 4. The largest absolute Gasteiger partial charge is 0.273 e. The summed E-state index contributed by atoms with van der Waals surface area (Å²) >= 11 is 0. The van der Waals surface area contributed by atoms with Crippen LogP contribution in [0.4, 0.5) is 0 Å². The monoisotopic (exact) mass is 460 g/mol. The highest BCUT2D eigenvalue weighted by molar-refractivity contribution is 5.97. The Balaban J connectivity index is 1.20. The number of hydrogen-bond acceptors (Lipinski definition) is 4. The number of amides is 2. The van der Waals surface area contributed by atoms with Crippen LogP contribution in [0.5, 0.6) is 0 Å². The third-order valence-corrected chi connectivity index (χ3v) is 5.16. The van der Waals surface area contributed by atoms with Crippen molar-refractivity contribution in [2.45, 2.75) is 6.42 Å². The zero-order valence-corrected chi connectivity index (χ0v) is 19.0. The lowest BCUT2D eigenvalue weighted by atomic mass is 10.0. The molecule has 4 rings (SSSR count). The molecule has 6 heteroatoms. The maximum atomic E-state index is 12.0. The van der Waals surface area contributed by atoms with Gasteiger partial charge in [-0.05, 0) is 33.4 Å². The number of nitrogens with one attached hydrogen (secondary N) is 2. The minimum absolute atomic E-state index is 0.380. The smallest absolute Gasteiger partial charge is 0.249 e. The van der Waals surface area contributed by atoms with E-state index in [-0.39, 0.29) is 6.42 Å². The summed E-state index contributed by atoms with van der Waals surface area (Å²) in [5, 5.41) is 7.83. The number of nitrogens with zero attached hydrogens (tertiary/aromatic N) is 2. The molecule has 35 heavy (non-hydrogen) atoms. The highest BCUT2D eigenvalue weighted by atomic mass is 16.2. The van der Waals surface area contributed by atoms with Gasteiger partial charge in [0.2, 0.25) is 11.8 Å². The van der Waals surface area contributed by atoms with Gasteiger partial charge in [0.05, 0.1) is 12.4 Å². The van der Waals surface area contributed by atoms with Gasteiger partial charge in [0, 0.05) is 0 Å². The lowest BCUT2D eigenvalue weighted by Gasteiger charge is -2.02. The zero-order chi connectivity index (χ0) is 24.3. The highest BCUT2D eigenvalue weighted by Gasteiger charge is 2.07. The molecule has 4 aromatic carbocycles. The minimum Gasteiger partial charge on any atom is -0.273 e. The van der Waals surface area contributed by atoms with Crippen molar-refractivity contribution in [1.29, 1.82) is 0 Å². The molecule has 0 spiro atoms. The van der Waals surface area contributed by atoms with Crippen LogP contribution in [0.2, 0.25) is 0 Å². The Morgan fingerprint density at radius 1 is 0.514 bits per heavy atom. The Morgan fingerprint density at radius 2 is 0.857 bits per heavy atom. The van der Waals surface area contributed by atoms with Crippen molar-refractivity contribution in [1.82, 2.24) is 10.9 Å². The van der Waals surface area contributed by atoms with Gasteiger partial charge in [0.15, 0.2) is 0 Å². The molecule has 0 radical (unpaired) electrons. The number of hydrazone groups is 2. The van der Waals surface area contributed by atoms with Gasteiger partial charge in [-0.25, -0.2) is 10.9 Å². The molecular formula is C29H24N4O2. The SMILES string of the molecule is O=C(CC(=O)N/N=C/c1ccc(-c2ccccc2)cc1)N/N=C/c1ccc(-c2ccccc2)cc1. The summed E-state index contributed by atoms with van der Waals surface area (Å²) in [7, 11) is 0. The van der Waals surface area contributed by atoms with Crippen molar-refractivity contribution in [2.75, 3.05) is 0 Å². The predicted molar refractivity (Wildman–Crippen MR) is 140 cm³/mol. The van der Waals surface area contributed by atoms with Crippen molar-refractivity contribution < 1.29 is 9.59 Å². The van der Waals surface area contributed by atoms with E-state index in [1.807, 2.05) is 109 Å². The van der Waals surface area contributed by atoms with E-state index in [0.717, 1.165) is 33.4 Å². The molecule has 0 bridgehead atoms. The first kappa shape index (κ1) is 23.3. The number of carbonyl (C=O) groups is 2. The Kier molecular flexibility index (Phi) is 7.90. The topological polar surface area (TPSA) is 82.9 Å². The van der Waals surface area contributed by atoms with Crippen LogP contribution >= 0.6 is 0 Å². The van der Waals surface area contributed by atoms with Crippen LogP contribution < -0.4 is 10.9 Å².